The molecule has 0 unspecified atom stereocenters. The van der Waals surface area contributed by atoms with Gasteiger partial charge in [-0.25, -0.2) is 8.78 Å². The quantitative estimate of drug-likeness (QED) is 0.802. The van der Waals surface area contributed by atoms with E-state index in [1.807, 2.05) is 0 Å². The molecule has 0 aromatic heterocycles. The first-order valence-electron chi connectivity index (χ1n) is 7.14. The lowest BCUT2D eigenvalue weighted by atomic mass is 9.86. The van der Waals surface area contributed by atoms with E-state index in [-0.39, 0.29) is 18.3 Å². The Labute approximate surface area is 122 Å². The van der Waals surface area contributed by atoms with E-state index in [0.717, 1.165) is 38.1 Å². The molecule has 1 aliphatic carbocycles. The van der Waals surface area contributed by atoms with Crippen LogP contribution in [0.3, 0.4) is 0 Å². The maximum absolute atomic E-state index is 13.4. The number of rotatable bonds is 3. The molecule has 1 fully saturated rings. The van der Waals surface area contributed by atoms with Crippen LogP contribution in [-0.4, -0.2) is 30.5 Å². The third-order valence-corrected chi connectivity index (χ3v) is 4.22. The maximum atomic E-state index is 13.4. The van der Waals surface area contributed by atoms with Gasteiger partial charge in [0, 0.05) is 19.2 Å². The Morgan fingerprint density at radius 1 is 1.19 bits per heavy atom. The van der Waals surface area contributed by atoms with E-state index in [4.69, 9.17) is 4.74 Å². The van der Waals surface area contributed by atoms with Gasteiger partial charge in [0.15, 0.2) is 18.2 Å². The van der Waals surface area contributed by atoms with Crippen molar-refractivity contribution in [3.05, 3.63) is 42.0 Å². The molecule has 5 heteroatoms. The van der Waals surface area contributed by atoms with E-state index in [9.17, 15) is 13.6 Å². The molecular weight excluding hydrogens is 276 g/mol. The topological polar surface area (TPSA) is 29.5 Å². The van der Waals surface area contributed by atoms with E-state index >= 15 is 0 Å². The van der Waals surface area contributed by atoms with Gasteiger partial charge >= 0.3 is 0 Å². The molecule has 1 aromatic rings. The summed E-state index contributed by atoms with van der Waals surface area (Å²) in [6.45, 7) is 1.27. The van der Waals surface area contributed by atoms with Crippen LogP contribution in [0.25, 0.3) is 0 Å². The summed E-state index contributed by atoms with van der Waals surface area (Å²) in [7, 11) is 0. The van der Waals surface area contributed by atoms with Crippen LogP contribution >= 0.6 is 0 Å². The van der Waals surface area contributed by atoms with Crippen LogP contribution in [0.1, 0.15) is 12.8 Å². The Bertz CT molecular complexity index is 557. The summed E-state index contributed by atoms with van der Waals surface area (Å²) in [4.78, 5) is 13.9. The first-order valence-corrected chi connectivity index (χ1v) is 7.14. The molecule has 0 N–H and O–H groups in total. The smallest absolute Gasteiger partial charge is 0.260 e. The van der Waals surface area contributed by atoms with E-state index < -0.39 is 11.6 Å². The van der Waals surface area contributed by atoms with Crippen molar-refractivity contribution in [1.29, 1.82) is 0 Å². The number of carbonyl (C=O) groups excluding carboxylic acids is 1. The molecule has 2 atom stereocenters. The molecule has 3 rings (SSSR count). The fourth-order valence-corrected chi connectivity index (χ4v) is 3.04. The minimum atomic E-state index is -0.790. The average molecular weight is 293 g/mol. The minimum Gasteiger partial charge on any atom is -0.481 e. The molecular formula is C16H17F2NO2. The minimum absolute atomic E-state index is 0.0944. The Balaban J connectivity index is 1.55. The summed E-state index contributed by atoms with van der Waals surface area (Å²) in [5.74, 6) is -0.636. The van der Waals surface area contributed by atoms with Gasteiger partial charge in [0.2, 0.25) is 0 Å². The molecule has 1 saturated heterocycles. The maximum Gasteiger partial charge on any atom is 0.260 e. The van der Waals surface area contributed by atoms with Crippen molar-refractivity contribution >= 4 is 5.91 Å². The lowest BCUT2D eigenvalue weighted by Gasteiger charge is -2.17. The number of halogens is 2. The third-order valence-electron chi connectivity index (χ3n) is 4.22. The van der Waals surface area contributed by atoms with Gasteiger partial charge in [-0.3, -0.25) is 4.79 Å². The van der Waals surface area contributed by atoms with Crippen LogP contribution in [0.5, 0.6) is 5.75 Å². The Hall–Kier alpha value is -1.91. The van der Waals surface area contributed by atoms with Crippen LogP contribution in [0, 0.1) is 23.5 Å². The Morgan fingerprint density at radius 2 is 1.86 bits per heavy atom. The number of ether oxygens (including phenoxy) is 1. The molecule has 0 radical (unpaired) electrons. The number of allylic oxidation sites excluding steroid dienone is 2. The largest absolute Gasteiger partial charge is 0.481 e. The second-order valence-corrected chi connectivity index (χ2v) is 5.63. The summed E-state index contributed by atoms with van der Waals surface area (Å²) in [6.07, 6.45) is 6.36. The lowest BCUT2D eigenvalue weighted by Crippen LogP contribution is -2.33. The highest BCUT2D eigenvalue weighted by Gasteiger charge is 2.35. The number of nitrogens with zero attached hydrogens (tertiary/aromatic N) is 1. The van der Waals surface area contributed by atoms with E-state index in [0.29, 0.717) is 11.8 Å². The van der Waals surface area contributed by atoms with Crippen molar-refractivity contribution in [2.75, 3.05) is 19.7 Å². The van der Waals surface area contributed by atoms with Crippen molar-refractivity contribution in [1.82, 2.24) is 4.90 Å². The highest BCUT2D eigenvalue weighted by molar-refractivity contribution is 5.78. The summed E-state index contributed by atoms with van der Waals surface area (Å²) in [5.41, 5.74) is 0. The first kappa shape index (κ1) is 14.0. The summed E-state index contributed by atoms with van der Waals surface area (Å²) in [6, 6.07) is 3.06. The van der Waals surface area contributed by atoms with E-state index in [2.05, 4.69) is 12.2 Å². The number of carbonyl (C=O) groups is 1. The van der Waals surface area contributed by atoms with Crippen LogP contribution in [0.15, 0.2) is 30.4 Å². The first-order chi connectivity index (χ1) is 10.1. The zero-order valence-electron chi connectivity index (χ0n) is 11.6. The third kappa shape index (κ3) is 3.06. The summed E-state index contributed by atoms with van der Waals surface area (Å²) in [5, 5.41) is 0. The molecule has 2 aliphatic rings. The molecule has 112 valence electrons. The van der Waals surface area contributed by atoms with Crippen LogP contribution in [-0.2, 0) is 4.79 Å². The molecule has 0 bridgehead atoms. The lowest BCUT2D eigenvalue weighted by molar-refractivity contribution is -0.132. The van der Waals surface area contributed by atoms with Crippen molar-refractivity contribution in [2.45, 2.75) is 12.8 Å². The molecule has 0 spiro atoms. The van der Waals surface area contributed by atoms with Gasteiger partial charge in [-0.15, -0.1) is 0 Å². The fraction of sp³-hybridized carbons (Fsp3) is 0.438. The highest BCUT2D eigenvalue weighted by Crippen LogP contribution is 2.32. The highest BCUT2D eigenvalue weighted by atomic mass is 19.1. The number of hydrogen-bond acceptors (Lipinski definition) is 2. The second kappa shape index (κ2) is 5.84. The number of amides is 1. The zero-order chi connectivity index (χ0) is 14.8. The van der Waals surface area contributed by atoms with Gasteiger partial charge < -0.3 is 9.64 Å². The molecule has 1 aromatic carbocycles. The summed E-state index contributed by atoms with van der Waals surface area (Å²) >= 11 is 0. The Kier molecular flexibility index (Phi) is 3.90. The van der Waals surface area contributed by atoms with Crippen LogP contribution in [0.4, 0.5) is 8.78 Å². The SMILES string of the molecule is O=C(COc1ccc(F)cc1F)N1C[C@H]2CC=CC[C@H]2C1. The average Bonchev–Trinajstić information content (AvgIpc) is 2.90. The predicted octanol–water partition coefficient (Wildman–Crippen LogP) is 2.77. The van der Waals surface area contributed by atoms with Gasteiger partial charge in [0.05, 0.1) is 0 Å². The molecule has 21 heavy (non-hydrogen) atoms. The van der Waals surface area contributed by atoms with Gasteiger partial charge in [0.1, 0.15) is 5.82 Å². The monoisotopic (exact) mass is 293 g/mol. The van der Waals surface area contributed by atoms with Crippen molar-refractivity contribution in [3.63, 3.8) is 0 Å². The zero-order valence-corrected chi connectivity index (χ0v) is 11.6. The number of fused-ring (bicyclic) bond motifs is 1. The van der Waals surface area contributed by atoms with Crippen molar-refractivity contribution < 1.29 is 18.3 Å². The standard InChI is InChI=1S/C16H17F2NO2/c17-13-5-6-15(14(18)7-13)21-10-16(20)19-8-11-3-1-2-4-12(11)9-19/h1-2,5-7,11-12H,3-4,8-10H2/t11-,12+. The van der Waals surface area contributed by atoms with Crippen LogP contribution < -0.4 is 4.74 Å². The summed E-state index contributed by atoms with van der Waals surface area (Å²) < 4.78 is 31.4. The number of likely N-dealkylation sites (tertiary alicyclic amines) is 1. The number of hydrogen-bond donors (Lipinski definition) is 0. The van der Waals surface area contributed by atoms with E-state index in [1.54, 1.807) is 4.90 Å². The van der Waals surface area contributed by atoms with Gasteiger partial charge in [-0.05, 0) is 36.8 Å². The van der Waals surface area contributed by atoms with Gasteiger partial charge in [-0.1, -0.05) is 12.2 Å². The molecule has 1 aliphatic heterocycles. The van der Waals surface area contributed by atoms with Crippen molar-refractivity contribution in [3.8, 4) is 5.75 Å². The normalized spacial score (nSPS) is 24.0. The van der Waals surface area contributed by atoms with Crippen molar-refractivity contribution in [2.24, 2.45) is 11.8 Å². The van der Waals surface area contributed by atoms with Gasteiger partial charge in [-0.2, -0.15) is 0 Å². The fourth-order valence-electron chi connectivity index (χ4n) is 3.04. The molecule has 1 amide bonds. The predicted molar refractivity (Wildman–Crippen MR) is 73.8 cm³/mol. The molecule has 1 heterocycles. The van der Waals surface area contributed by atoms with Crippen LogP contribution in [0.2, 0.25) is 0 Å². The molecule has 3 nitrogen and oxygen atoms in total. The van der Waals surface area contributed by atoms with Gasteiger partial charge in [0.25, 0.3) is 5.91 Å². The van der Waals surface area contributed by atoms with E-state index in [1.165, 1.54) is 6.07 Å². The number of benzene rings is 1. The molecule has 0 saturated carbocycles. The Morgan fingerprint density at radius 3 is 2.48 bits per heavy atom. The second-order valence-electron chi connectivity index (χ2n) is 5.63.